The van der Waals surface area contributed by atoms with Crippen LogP contribution in [0.1, 0.15) is 30.6 Å². The van der Waals surface area contributed by atoms with Crippen LogP contribution in [0.15, 0.2) is 30.5 Å². The minimum absolute atomic E-state index is 0.00623. The highest BCUT2D eigenvalue weighted by Crippen LogP contribution is 2.28. The van der Waals surface area contributed by atoms with Gasteiger partial charge in [0.05, 0.1) is 19.7 Å². The third-order valence-electron chi connectivity index (χ3n) is 4.63. The van der Waals surface area contributed by atoms with Gasteiger partial charge in [-0.15, -0.1) is 11.3 Å². The SMILES string of the molecule is COc1cccc(-c2ncc(CNC(=O)[C@@H]3CCCCCN3C)s2)c1. The van der Waals surface area contributed by atoms with Crippen molar-refractivity contribution in [3.63, 3.8) is 0 Å². The highest BCUT2D eigenvalue weighted by molar-refractivity contribution is 7.15. The van der Waals surface area contributed by atoms with Crippen LogP contribution in [0, 0.1) is 0 Å². The number of hydrogen-bond donors (Lipinski definition) is 1. The summed E-state index contributed by atoms with van der Waals surface area (Å²) in [6.45, 7) is 1.53. The monoisotopic (exact) mass is 359 g/mol. The molecular formula is C19H25N3O2S. The average molecular weight is 359 g/mol. The molecule has 2 heterocycles. The van der Waals surface area contributed by atoms with E-state index in [2.05, 4.69) is 15.2 Å². The van der Waals surface area contributed by atoms with Crippen LogP contribution in [-0.2, 0) is 11.3 Å². The van der Waals surface area contributed by atoms with E-state index in [0.29, 0.717) is 6.54 Å². The third kappa shape index (κ3) is 4.58. The Kier molecular flexibility index (Phi) is 6.04. The summed E-state index contributed by atoms with van der Waals surface area (Å²) in [5.41, 5.74) is 1.03. The Morgan fingerprint density at radius 3 is 3.12 bits per heavy atom. The molecule has 1 saturated heterocycles. The maximum Gasteiger partial charge on any atom is 0.237 e. The first-order valence-corrected chi connectivity index (χ1v) is 9.56. The topological polar surface area (TPSA) is 54.5 Å². The lowest BCUT2D eigenvalue weighted by Crippen LogP contribution is -2.44. The molecule has 0 saturated carbocycles. The largest absolute Gasteiger partial charge is 0.497 e. The number of likely N-dealkylation sites (N-methyl/N-ethyl adjacent to an activating group) is 1. The average Bonchev–Trinajstić information content (AvgIpc) is 3.01. The van der Waals surface area contributed by atoms with Gasteiger partial charge in [-0.2, -0.15) is 0 Å². The first-order chi connectivity index (χ1) is 12.2. The van der Waals surface area contributed by atoms with E-state index in [4.69, 9.17) is 4.74 Å². The van der Waals surface area contributed by atoms with E-state index >= 15 is 0 Å². The number of hydrogen-bond acceptors (Lipinski definition) is 5. The van der Waals surface area contributed by atoms with Gasteiger partial charge in [0.25, 0.3) is 0 Å². The van der Waals surface area contributed by atoms with Crippen LogP contribution in [0.2, 0.25) is 0 Å². The van der Waals surface area contributed by atoms with Gasteiger partial charge in [0, 0.05) is 16.6 Å². The molecule has 5 nitrogen and oxygen atoms in total. The van der Waals surface area contributed by atoms with Crippen LogP contribution in [-0.4, -0.2) is 42.5 Å². The summed E-state index contributed by atoms with van der Waals surface area (Å²) in [7, 11) is 3.70. The summed E-state index contributed by atoms with van der Waals surface area (Å²) in [6, 6.07) is 7.86. The van der Waals surface area contributed by atoms with Crippen molar-refractivity contribution >= 4 is 17.2 Å². The molecule has 0 aliphatic carbocycles. The van der Waals surface area contributed by atoms with E-state index < -0.39 is 0 Å². The number of benzene rings is 1. The fourth-order valence-electron chi connectivity index (χ4n) is 3.15. The molecule has 0 radical (unpaired) electrons. The fraction of sp³-hybridized carbons (Fsp3) is 0.474. The maximum atomic E-state index is 12.5. The lowest BCUT2D eigenvalue weighted by atomic mass is 10.1. The number of aromatic nitrogens is 1. The Balaban J connectivity index is 1.60. The molecule has 1 amide bonds. The first-order valence-electron chi connectivity index (χ1n) is 8.74. The smallest absolute Gasteiger partial charge is 0.237 e. The Morgan fingerprint density at radius 1 is 1.40 bits per heavy atom. The molecule has 0 bridgehead atoms. The second kappa shape index (κ2) is 8.45. The maximum absolute atomic E-state index is 12.5. The summed E-state index contributed by atoms with van der Waals surface area (Å²) in [5.74, 6) is 0.944. The molecule has 3 rings (SSSR count). The van der Waals surface area contributed by atoms with Crippen molar-refractivity contribution in [1.29, 1.82) is 0 Å². The quantitative estimate of drug-likeness (QED) is 0.890. The molecule has 1 N–H and O–H groups in total. The van der Waals surface area contributed by atoms with Gasteiger partial charge in [-0.05, 0) is 38.6 Å². The van der Waals surface area contributed by atoms with Gasteiger partial charge in [0.2, 0.25) is 5.91 Å². The lowest BCUT2D eigenvalue weighted by molar-refractivity contribution is -0.126. The minimum Gasteiger partial charge on any atom is -0.497 e. The number of methoxy groups -OCH3 is 1. The van der Waals surface area contributed by atoms with Crippen molar-refractivity contribution in [3.8, 4) is 16.3 Å². The van der Waals surface area contributed by atoms with Gasteiger partial charge in [-0.3, -0.25) is 9.69 Å². The minimum atomic E-state index is -0.00623. The number of likely N-dealkylation sites (tertiary alicyclic amines) is 1. The van der Waals surface area contributed by atoms with Gasteiger partial charge < -0.3 is 10.1 Å². The summed E-state index contributed by atoms with van der Waals surface area (Å²) < 4.78 is 5.26. The van der Waals surface area contributed by atoms with Crippen molar-refractivity contribution in [2.45, 2.75) is 38.3 Å². The van der Waals surface area contributed by atoms with Gasteiger partial charge in [0.1, 0.15) is 10.8 Å². The van der Waals surface area contributed by atoms with Crippen molar-refractivity contribution in [3.05, 3.63) is 35.3 Å². The first kappa shape index (κ1) is 17.9. The Morgan fingerprint density at radius 2 is 2.28 bits per heavy atom. The third-order valence-corrected chi connectivity index (χ3v) is 5.68. The van der Waals surface area contributed by atoms with E-state index in [9.17, 15) is 4.79 Å². The van der Waals surface area contributed by atoms with Gasteiger partial charge >= 0.3 is 0 Å². The van der Waals surface area contributed by atoms with Gasteiger partial charge in [-0.25, -0.2) is 4.98 Å². The normalized spacial score (nSPS) is 18.6. The zero-order valence-corrected chi connectivity index (χ0v) is 15.6. The van der Waals surface area contributed by atoms with Crippen LogP contribution in [0.4, 0.5) is 0 Å². The van der Waals surface area contributed by atoms with Gasteiger partial charge in [-0.1, -0.05) is 25.0 Å². The Bertz CT molecular complexity index is 716. The van der Waals surface area contributed by atoms with Gasteiger partial charge in [0.15, 0.2) is 0 Å². The number of nitrogens with zero attached hydrogens (tertiary/aromatic N) is 2. The molecule has 134 valence electrons. The second-order valence-electron chi connectivity index (χ2n) is 6.43. The number of amides is 1. The van der Waals surface area contributed by atoms with E-state index in [1.165, 1.54) is 12.8 Å². The second-order valence-corrected chi connectivity index (χ2v) is 7.54. The number of carbonyl (C=O) groups excluding carboxylic acids is 1. The van der Waals surface area contributed by atoms with E-state index in [-0.39, 0.29) is 11.9 Å². The van der Waals surface area contributed by atoms with E-state index in [1.807, 2.05) is 37.5 Å². The van der Waals surface area contributed by atoms with Crippen LogP contribution in [0.5, 0.6) is 5.75 Å². The van der Waals surface area contributed by atoms with E-state index in [0.717, 1.165) is 40.6 Å². The molecule has 0 unspecified atom stereocenters. The molecule has 6 heteroatoms. The highest BCUT2D eigenvalue weighted by Gasteiger charge is 2.24. The molecule has 2 aromatic rings. The fourth-order valence-corrected chi connectivity index (χ4v) is 4.00. The molecule has 0 spiro atoms. The lowest BCUT2D eigenvalue weighted by Gasteiger charge is -2.24. The molecule has 1 aliphatic heterocycles. The molecule has 25 heavy (non-hydrogen) atoms. The highest BCUT2D eigenvalue weighted by atomic mass is 32.1. The predicted molar refractivity (Wildman–Crippen MR) is 101 cm³/mol. The van der Waals surface area contributed by atoms with Crippen LogP contribution >= 0.6 is 11.3 Å². The zero-order chi connectivity index (χ0) is 17.6. The number of carbonyl (C=O) groups is 1. The zero-order valence-electron chi connectivity index (χ0n) is 14.8. The molecule has 1 aromatic heterocycles. The standard InChI is InChI=1S/C19H25N3O2S/c1-22-10-5-3-4-9-17(22)18(23)20-12-16-13-21-19(25-16)14-7-6-8-15(11-14)24-2/h6-8,11,13,17H,3-5,9-10,12H2,1-2H3,(H,20,23)/t17-/m0/s1. The van der Waals surface area contributed by atoms with Crippen molar-refractivity contribution in [2.75, 3.05) is 20.7 Å². The molecule has 1 fully saturated rings. The number of nitrogens with one attached hydrogen (secondary N) is 1. The summed E-state index contributed by atoms with van der Waals surface area (Å²) in [5, 5.41) is 4.02. The summed E-state index contributed by atoms with van der Waals surface area (Å²) in [6.07, 6.45) is 6.31. The van der Waals surface area contributed by atoms with Crippen molar-refractivity contribution in [1.82, 2.24) is 15.2 Å². The number of thiazole rings is 1. The summed E-state index contributed by atoms with van der Waals surface area (Å²) in [4.78, 5) is 20.2. The van der Waals surface area contributed by atoms with Crippen LogP contribution in [0.25, 0.3) is 10.6 Å². The number of rotatable bonds is 5. The molecule has 1 aliphatic rings. The molecular weight excluding hydrogens is 334 g/mol. The molecule has 1 aromatic carbocycles. The Labute approximate surface area is 153 Å². The Hall–Kier alpha value is -1.92. The molecule has 1 atom stereocenters. The predicted octanol–water partition coefficient (Wildman–Crippen LogP) is 3.31. The van der Waals surface area contributed by atoms with E-state index in [1.54, 1.807) is 18.4 Å². The summed E-state index contributed by atoms with van der Waals surface area (Å²) >= 11 is 1.60. The van der Waals surface area contributed by atoms with Crippen LogP contribution < -0.4 is 10.1 Å². The van der Waals surface area contributed by atoms with Crippen molar-refractivity contribution < 1.29 is 9.53 Å². The van der Waals surface area contributed by atoms with Crippen LogP contribution in [0.3, 0.4) is 0 Å². The number of ether oxygens (including phenoxy) is 1. The van der Waals surface area contributed by atoms with Crippen molar-refractivity contribution in [2.24, 2.45) is 0 Å².